The second-order valence-electron chi connectivity index (χ2n) is 5.92. The second-order valence-corrected chi connectivity index (χ2v) is 5.92. The normalized spacial score (nSPS) is 10.7. The molecule has 1 aromatic heterocycles. The van der Waals surface area contributed by atoms with Crippen molar-refractivity contribution in [2.24, 2.45) is 0 Å². The lowest BCUT2D eigenvalue weighted by molar-refractivity contribution is -0.116. The quantitative estimate of drug-likeness (QED) is 0.684. The second kappa shape index (κ2) is 8.29. The number of rotatable bonds is 7. The Kier molecular flexibility index (Phi) is 5.63. The molecule has 0 saturated heterocycles. The van der Waals surface area contributed by atoms with E-state index in [4.69, 9.17) is 4.74 Å². The van der Waals surface area contributed by atoms with Crippen molar-refractivity contribution in [1.29, 1.82) is 0 Å². The average Bonchev–Trinajstić information content (AvgIpc) is 2.66. The Morgan fingerprint density at radius 2 is 1.92 bits per heavy atom. The summed E-state index contributed by atoms with van der Waals surface area (Å²) in [7, 11) is 0. The molecule has 0 atom stereocenters. The summed E-state index contributed by atoms with van der Waals surface area (Å²) in [5, 5.41) is 3.40. The first-order chi connectivity index (χ1) is 12.7. The van der Waals surface area contributed by atoms with Crippen LogP contribution < -0.4 is 15.6 Å². The number of benzene rings is 2. The monoisotopic (exact) mass is 351 g/mol. The van der Waals surface area contributed by atoms with Gasteiger partial charge in [0.2, 0.25) is 5.91 Å². The topological polar surface area (TPSA) is 84.1 Å². The molecule has 3 rings (SSSR count). The average molecular weight is 351 g/mol. The first-order valence-electron chi connectivity index (χ1n) is 8.67. The standard InChI is InChI=1S/C20H21N3O3/c1-2-13-26-17-10-6-5-9-16(17)22-19(24)12-11-18-21-15-8-4-3-7-14(15)20(25)23-18/h3-10H,2,11-13H2,1H3,(H,22,24)(H,21,23,25). The van der Waals surface area contributed by atoms with Crippen LogP contribution in [0.2, 0.25) is 0 Å². The van der Waals surface area contributed by atoms with Crippen LogP contribution in [0.5, 0.6) is 5.75 Å². The van der Waals surface area contributed by atoms with Crippen LogP contribution in [0.25, 0.3) is 10.9 Å². The molecule has 0 saturated carbocycles. The van der Waals surface area contributed by atoms with Crippen LogP contribution in [0.3, 0.4) is 0 Å². The Labute approximate surface area is 151 Å². The number of fused-ring (bicyclic) bond motifs is 1. The van der Waals surface area contributed by atoms with E-state index < -0.39 is 0 Å². The molecule has 134 valence electrons. The number of aromatic amines is 1. The Morgan fingerprint density at radius 1 is 1.15 bits per heavy atom. The molecule has 0 aliphatic rings. The van der Waals surface area contributed by atoms with Gasteiger partial charge < -0.3 is 15.0 Å². The van der Waals surface area contributed by atoms with E-state index in [0.29, 0.717) is 41.2 Å². The van der Waals surface area contributed by atoms with Crippen molar-refractivity contribution < 1.29 is 9.53 Å². The van der Waals surface area contributed by atoms with E-state index >= 15 is 0 Å². The maximum absolute atomic E-state index is 12.3. The minimum atomic E-state index is -0.190. The van der Waals surface area contributed by atoms with Crippen LogP contribution in [0, 0.1) is 0 Å². The Morgan fingerprint density at radius 3 is 2.77 bits per heavy atom. The van der Waals surface area contributed by atoms with Crippen LogP contribution in [-0.4, -0.2) is 22.5 Å². The minimum Gasteiger partial charge on any atom is -0.491 e. The van der Waals surface area contributed by atoms with Gasteiger partial charge in [0.1, 0.15) is 11.6 Å². The zero-order valence-electron chi connectivity index (χ0n) is 14.6. The molecule has 1 amide bonds. The SMILES string of the molecule is CCCOc1ccccc1NC(=O)CCc1nc2ccccc2c(=O)[nH]1. The van der Waals surface area contributed by atoms with E-state index in [-0.39, 0.29) is 17.9 Å². The molecule has 3 aromatic rings. The summed E-state index contributed by atoms with van der Waals surface area (Å²) >= 11 is 0. The predicted octanol–water partition coefficient (Wildman–Crippen LogP) is 3.28. The van der Waals surface area contributed by atoms with Gasteiger partial charge in [-0.25, -0.2) is 4.98 Å². The smallest absolute Gasteiger partial charge is 0.258 e. The number of nitrogens with zero attached hydrogens (tertiary/aromatic N) is 1. The summed E-state index contributed by atoms with van der Waals surface area (Å²) in [5.74, 6) is 0.993. The van der Waals surface area contributed by atoms with Gasteiger partial charge in [-0.2, -0.15) is 0 Å². The van der Waals surface area contributed by atoms with E-state index in [2.05, 4.69) is 15.3 Å². The zero-order chi connectivity index (χ0) is 18.4. The van der Waals surface area contributed by atoms with Crippen molar-refractivity contribution in [2.45, 2.75) is 26.2 Å². The van der Waals surface area contributed by atoms with Crippen LogP contribution in [0.1, 0.15) is 25.6 Å². The molecule has 0 fully saturated rings. The van der Waals surface area contributed by atoms with E-state index in [1.807, 2.05) is 31.2 Å². The maximum Gasteiger partial charge on any atom is 0.258 e. The summed E-state index contributed by atoms with van der Waals surface area (Å²) in [6.45, 7) is 2.62. The van der Waals surface area contributed by atoms with E-state index in [1.54, 1.807) is 24.3 Å². The van der Waals surface area contributed by atoms with Crippen molar-refractivity contribution >= 4 is 22.5 Å². The Bertz CT molecular complexity index is 966. The molecular weight excluding hydrogens is 330 g/mol. The van der Waals surface area contributed by atoms with E-state index in [0.717, 1.165) is 6.42 Å². The highest BCUT2D eigenvalue weighted by molar-refractivity contribution is 5.92. The third kappa shape index (κ3) is 4.27. The van der Waals surface area contributed by atoms with Crippen LogP contribution >= 0.6 is 0 Å². The highest BCUT2D eigenvalue weighted by Crippen LogP contribution is 2.24. The lowest BCUT2D eigenvalue weighted by atomic mass is 10.2. The minimum absolute atomic E-state index is 0.159. The molecule has 0 unspecified atom stereocenters. The predicted molar refractivity (Wildman–Crippen MR) is 102 cm³/mol. The van der Waals surface area contributed by atoms with Crippen LogP contribution in [0.4, 0.5) is 5.69 Å². The van der Waals surface area contributed by atoms with Gasteiger partial charge in [0.15, 0.2) is 0 Å². The molecule has 26 heavy (non-hydrogen) atoms. The van der Waals surface area contributed by atoms with Crippen molar-refractivity contribution in [3.05, 3.63) is 64.7 Å². The van der Waals surface area contributed by atoms with Gasteiger partial charge in [0.05, 0.1) is 23.2 Å². The lowest BCUT2D eigenvalue weighted by Gasteiger charge is -2.11. The molecular formula is C20H21N3O3. The number of ether oxygens (including phenoxy) is 1. The number of anilines is 1. The van der Waals surface area contributed by atoms with Gasteiger partial charge in [-0.1, -0.05) is 31.2 Å². The molecule has 0 aliphatic heterocycles. The number of H-pyrrole nitrogens is 1. The van der Waals surface area contributed by atoms with Gasteiger partial charge in [-0.05, 0) is 30.7 Å². The summed E-state index contributed by atoms with van der Waals surface area (Å²) in [5.41, 5.74) is 1.08. The number of aromatic nitrogens is 2. The van der Waals surface area contributed by atoms with E-state index in [1.165, 1.54) is 0 Å². The molecule has 0 bridgehead atoms. The van der Waals surface area contributed by atoms with E-state index in [9.17, 15) is 9.59 Å². The molecule has 6 nitrogen and oxygen atoms in total. The van der Waals surface area contributed by atoms with Crippen molar-refractivity contribution in [3.63, 3.8) is 0 Å². The number of hydrogen-bond donors (Lipinski definition) is 2. The lowest BCUT2D eigenvalue weighted by Crippen LogP contribution is -2.16. The van der Waals surface area contributed by atoms with Gasteiger partial charge in [0, 0.05) is 12.8 Å². The summed E-state index contributed by atoms with van der Waals surface area (Å²) < 4.78 is 5.64. The molecule has 1 heterocycles. The maximum atomic E-state index is 12.3. The number of hydrogen-bond acceptors (Lipinski definition) is 4. The van der Waals surface area contributed by atoms with Crippen molar-refractivity contribution in [2.75, 3.05) is 11.9 Å². The van der Waals surface area contributed by atoms with Gasteiger partial charge in [-0.15, -0.1) is 0 Å². The Hall–Kier alpha value is -3.15. The number of amides is 1. The fourth-order valence-corrected chi connectivity index (χ4v) is 2.61. The fourth-order valence-electron chi connectivity index (χ4n) is 2.61. The van der Waals surface area contributed by atoms with Gasteiger partial charge in [0.25, 0.3) is 5.56 Å². The summed E-state index contributed by atoms with van der Waals surface area (Å²) in [4.78, 5) is 31.5. The number of nitrogens with one attached hydrogen (secondary N) is 2. The summed E-state index contributed by atoms with van der Waals surface area (Å²) in [6, 6.07) is 14.5. The first-order valence-corrected chi connectivity index (χ1v) is 8.67. The molecule has 6 heteroatoms. The number of aryl methyl sites for hydroxylation is 1. The number of carbonyl (C=O) groups is 1. The van der Waals surface area contributed by atoms with Crippen LogP contribution in [-0.2, 0) is 11.2 Å². The number of carbonyl (C=O) groups excluding carboxylic acids is 1. The molecule has 0 spiro atoms. The highest BCUT2D eigenvalue weighted by atomic mass is 16.5. The molecule has 0 aliphatic carbocycles. The van der Waals surface area contributed by atoms with Crippen molar-refractivity contribution in [1.82, 2.24) is 9.97 Å². The highest BCUT2D eigenvalue weighted by Gasteiger charge is 2.09. The largest absolute Gasteiger partial charge is 0.491 e. The molecule has 2 N–H and O–H groups in total. The molecule has 0 radical (unpaired) electrons. The van der Waals surface area contributed by atoms with Gasteiger partial charge >= 0.3 is 0 Å². The fraction of sp³-hybridized carbons (Fsp3) is 0.250. The first kappa shape index (κ1) is 17.7. The van der Waals surface area contributed by atoms with Crippen LogP contribution in [0.15, 0.2) is 53.3 Å². The molecule has 2 aromatic carbocycles. The third-order valence-electron chi connectivity index (χ3n) is 3.87. The zero-order valence-corrected chi connectivity index (χ0v) is 14.6. The Balaban J connectivity index is 1.66. The van der Waals surface area contributed by atoms with Gasteiger partial charge in [-0.3, -0.25) is 9.59 Å². The summed E-state index contributed by atoms with van der Waals surface area (Å²) in [6.07, 6.45) is 1.45. The van der Waals surface area contributed by atoms with Crippen molar-refractivity contribution in [3.8, 4) is 5.75 Å². The third-order valence-corrected chi connectivity index (χ3v) is 3.87. The number of para-hydroxylation sites is 3.